The van der Waals surface area contributed by atoms with Gasteiger partial charge in [0.2, 0.25) is 0 Å². The fourth-order valence-electron chi connectivity index (χ4n) is 1.64. The number of hydrogen-bond donors (Lipinski definition) is 3. The molecule has 16 heavy (non-hydrogen) atoms. The van der Waals surface area contributed by atoms with Crippen molar-refractivity contribution in [2.75, 3.05) is 13.3 Å². The van der Waals surface area contributed by atoms with Crippen LogP contribution in [0.4, 0.5) is 0 Å². The summed E-state index contributed by atoms with van der Waals surface area (Å²) in [6.45, 7) is 1.30. The maximum Gasteiger partial charge on any atom is 1.00 e. The molecule has 0 atom stereocenters. The van der Waals surface area contributed by atoms with E-state index in [-0.39, 0.29) is 41.3 Å². The Bertz CT molecular complexity index is 367. The summed E-state index contributed by atoms with van der Waals surface area (Å²) >= 11 is 0. The minimum atomic E-state index is -1.15. The molecule has 1 aromatic rings. The van der Waals surface area contributed by atoms with Gasteiger partial charge in [-0.3, -0.25) is 16.0 Å². The normalized spacial score (nSPS) is 16.5. The number of benzene rings is 1. The average molecular weight is 229 g/mol. The van der Waals surface area contributed by atoms with Gasteiger partial charge in [0.25, 0.3) is 0 Å². The summed E-state index contributed by atoms with van der Waals surface area (Å²) in [5, 5.41) is 20.2. The Morgan fingerprint density at radius 1 is 1.25 bits per heavy atom. The molecule has 0 unspecified atom stereocenters. The van der Waals surface area contributed by atoms with E-state index in [2.05, 4.69) is 16.0 Å². The zero-order chi connectivity index (χ0) is 10.7. The predicted molar refractivity (Wildman–Crippen MR) is 52.7 cm³/mol. The van der Waals surface area contributed by atoms with Crippen LogP contribution in [-0.2, 0) is 0 Å². The van der Waals surface area contributed by atoms with Gasteiger partial charge in [0.15, 0.2) is 0 Å². The third kappa shape index (κ3) is 3.04. The van der Waals surface area contributed by atoms with Gasteiger partial charge in [-0.1, -0.05) is 24.3 Å². The van der Waals surface area contributed by atoms with Gasteiger partial charge >= 0.3 is 29.6 Å². The Labute approximate surface area is 116 Å². The molecule has 0 aromatic heterocycles. The minimum absolute atomic E-state index is 0. The van der Waals surface area contributed by atoms with Gasteiger partial charge in [0.05, 0.1) is 12.1 Å². The van der Waals surface area contributed by atoms with E-state index in [1.807, 2.05) is 6.07 Å². The fraction of sp³-hybridized carbons (Fsp3) is 0.300. The van der Waals surface area contributed by atoms with Gasteiger partial charge in [-0.2, -0.15) is 0 Å². The van der Waals surface area contributed by atoms with Crippen LogP contribution in [-0.4, -0.2) is 19.3 Å². The molecule has 2 rings (SSSR count). The molecule has 5 nitrogen and oxygen atoms in total. The average Bonchev–Trinajstić information content (AvgIpc) is 2.30. The maximum absolute atomic E-state index is 10.9. The first-order valence-corrected chi connectivity index (χ1v) is 4.77. The van der Waals surface area contributed by atoms with Crippen molar-refractivity contribution in [2.24, 2.45) is 0 Å². The Balaban J connectivity index is 0.00000128. The summed E-state index contributed by atoms with van der Waals surface area (Å²) in [5.74, 6) is -1.15. The van der Waals surface area contributed by atoms with Crippen molar-refractivity contribution in [3.05, 3.63) is 35.4 Å². The summed E-state index contributed by atoms with van der Waals surface area (Å²) in [4.78, 5) is 10.9. The molecular formula is C10H12N3NaO2. The molecule has 0 bridgehead atoms. The van der Waals surface area contributed by atoms with Crippen LogP contribution in [0.2, 0.25) is 0 Å². The molecule has 1 aliphatic rings. The van der Waals surface area contributed by atoms with E-state index in [1.165, 1.54) is 0 Å². The van der Waals surface area contributed by atoms with Crippen LogP contribution in [0.5, 0.6) is 0 Å². The maximum atomic E-state index is 10.9. The van der Waals surface area contributed by atoms with E-state index in [4.69, 9.17) is 0 Å². The second-order valence-corrected chi connectivity index (χ2v) is 3.32. The van der Waals surface area contributed by atoms with Crippen LogP contribution in [0.1, 0.15) is 22.1 Å². The molecular weight excluding hydrogens is 217 g/mol. The topological polar surface area (TPSA) is 76.2 Å². The first-order chi connectivity index (χ1) is 7.29. The van der Waals surface area contributed by atoms with Gasteiger partial charge in [0.1, 0.15) is 0 Å². The molecule has 1 fully saturated rings. The summed E-state index contributed by atoms with van der Waals surface area (Å²) in [7, 11) is 0. The number of aromatic carboxylic acids is 1. The van der Waals surface area contributed by atoms with Crippen molar-refractivity contribution < 1.29 is 39.5 Å². The molecule has 80 valence electrons. The van der Waals surface area contributed by atoms with Gasteiger partial charge in [-0.25, -0.2) is 0 Å². The molecule has 1 aromatic carbocycles. The molecule has 0 aliphatic carbocycles. The number of carbonyl (C=O) groups excluding carboxylic acids is 1. The van der Waals surface area contributed by atoms with E-state index in [0.29, 0.717) is 18.9 Å². The molecule has 0 radical (unpaired) electrons. The predicted octanol–water partition coefficient (Wildman–Crippen LogP) is -4.25. The first-order valence-electron chi connectivity index (χ1n) is 4.77. The summed E-state index contributed by atoms with van der Waals surface area (Å²) in [6, 6.07) is 6.83. The first kappa shape index (κ1) is 13.6. The smallest absolute Gasteiger partial charge is 0.545 e. The van der Waals surface area contributed by atoms with E-state index in [0.717, 1.165) is 0 Å². The Morgan fingerprint density at radius 2 is 1.88 bits per heavy atom. The van der Waals surface area contributed by atoms with Crippen molar-refractivity contribution in [3.8, 4) is 0 Å². The quantitative estimate of drug-likeness (QED) is 0.448. The fourth-order valence-corrected chi connectivity index (χ4v) is 1.64. The summed E-state index contributed by atoms with van der Waals surface area (Å²) < 4.78 is 0. The Hall–Kier alpha value is -0.430. The van der Waals surface area contributed by atoms with Gasteiger partial charge in [0, 0.05) is 18.9 Å². The summed E-state index contributed by atoms with van der Waals surface area (Å²) in [6.07, 6.45) is -0.139. The van der Waals surface area contributed by atoms with Crippen molar-refractivity contribution in [2.45, 2.75) is 6.17 Å². The number of carboxylic acid groups (broad SMARTS) is 1. The minimum Gasteiger partial charge on any atom is -0.545 e. The van der Waals surface area contributed by atoms with E-state index in [9.17, 15) is 9.90 Å². The van der Waals surface area contributed by atoms with Crippen LogP contribution >= 0.6 is 0 Å². The second-order valence-electron chi connectivity index (χ2n) is 3.32. The summed E-state index contributed by atoms with van der Waals surface area (Å²) in [5.41, 5.74) is 0.934. The van der Waals surface area contributed by atoms with Gasteiger partial charge < -0.3 is 9.90 Å². The number of carboxylic acids is 1. The zero-order valence-corrected chi connectivity index (χ0v) is 11.1. The van der Waals surface area contributed by atoms with Gasteiger partial charge in [-0.05, 0) is 5.56 Å². The van der Waals surface area contributed by atoms with E-state index >= 15 is 0 Å². The largest absolute Gasteiger partial charge is 1.00 e. The standard InChI is InChI=1S/C10H13N3O2.Na/c14-10(15)8-4-2-1-3-7(8)9-12-5-11-6-13-9;/h1-4,9,11-13H,5-6H2,(H,14,15);/q;+1/p-1. The molecule has 0 spiro atoms. The van der Waals surface area contributed by atoms with Crippen molar-refractivity contribution in [3.63, 3.8) is 0 Å². The van der Waals surface area contributed by atoms with E-state index in [1.54, 1.807) is 18.2 Å². The SMILES string of the molecule is O=C([O-])c1ccccc1C1NCNCN1.[Na+]. The second kappa shape index (κ2) is 6.34. The monoisotopic (exact) mass is 229 g/mol. The van der Waals surface area contributed by atoms with Crippen molar-refractivity contribution >= 4 is 5.97 Å². The number of hydrogen-bond acceptors (Lipinski definition) is 5. The Kier molecular flexibility index (Phi) is 5.40. The molecule has 0 saturated carbocycles. The number of rotatable bonds is 2. The van der Waals surface area contributed by atoms with Crippen LogP contribution in [0.25, 0.3) is 0 Å². The molecule has 1 saturated heterocycles. The van der Waals surface area contributed by atoms with E-state index < -0.39 is 5.97 Å². The van der Waals surface area contributed by atoms with Crippen LogP contribution in [0, 0.1) is 0 Å². The van der Waals surface area contributed by atoms with Crippen molar-refractivity contribution in [1.82, 2.24) is 16.0 Å². The molecule has 6 heteroatoms. The van der Waals surface area contributed by atoms with Crippen molar-refractivity contribution in [1.29, 1.82) is 0 Å². The number of carbonyl (C=O) groups is 1. The third-order valence-electron chi connectivity index (χ3n) is 2.35. The Morgan fingerprint density at radius 3 is 2.50 bits per heavy atom. The molecule has 1 aliphatic heterocycles. The van der Waals surface area contributed by atoms with Crippen LogP contribution in [0.15, 0.2) is 24.3 Å². The third-order valence-corrected chi connectivity index (χ3v) is 2.35. The van der Waals surface area contributed by atoms with Crippen LogP contribution < -0.4 is 50.6 Å². The van der Waals surface area contributed by atoms with Gasteiger partial charge in [-0.15, -0.1) is 0 Å². The molecule has 1 heterocycles. The number of nitrogens with one attached hydrogen (secondary N) is 3. The molecule has 3 N–H and O–H groups in total. The van der Waals surface area contributed by atoms with Crippen LogP contribution in [0.3, 0.4) is 0 Å². The molecule has 0 amide bonds. The zero-order valence-electron chi connectivity index (χ0n) is 9.12.